The molecule has 0 unspecified atom stereocenters. The molecular formula is C15H29N3O. The van der Waals surface area contributed by atoms with Crippen LogP contribution in [0.1, 0.15) is 66.2 Å². The van der Waals surface area contributed by atoms with Crippen LogP contribution in [0.3, 0.4) is 0 Å². The Morgan fingerprint density at radius 3 is 2.05 bits per heavy atom. The molecule has 0 aromatic carbocycles. The maximum absolute atomic E-state index is 12.4. The zero-order chi connectivity index (χ0) is 14.3. The van der Waals surface area contributed by atoms with Crippen LogP contribution in [0.5, 0.6) is 0 Å². The van der Waals surface area contributed by atoms with Gasteiger partial charge >= 0.3 is 0 Å². The third-order valence-corrected chi connectivity index (χ3v) is 4.47. The first kappa shape index (κ1) is 14.8. The minimum Gasteiger partial charge on any atom is -0.352 e. The molecule has 1 saturated heterocycles. The first-order valence-electron chi connectivity index (χ1n) is 7.51. The normalized spacial score (nSPS) is 29.1. The summed E-state index contributed by atoms with van der Waals surface area (Å²) in [5, 5.41) is 6.84. The topological polar surface area (TPSA) is 67.2 Å². The average Bonchev–Trinajstić information content (AvgIpc) is 2.61. The molecule has 2 fully saturated rings. The van der Waals surface area contributed by atoms with E-state index in [9.17, 15) is 4.79 Å². The minimum atomic E-state index is -0.612. The highest BCUT2D eigenvalue weighted by Crippen LogP contribution is 2.31. The molecule has 0 aromatic rings. The third-order valence-electron chi connectivity index (χ3n) is 4.47. The van der Waals surface area contributed by atoms with Crippen LogP contribution in [0.25, 0.3) is 0 Å². The molecule has 4 nitrogen and oxygen atoms in total. The lowest BCUT2D eigenvalue weighted by Gasteiger charge is -2.47. The summed E-state index contributed by atoms with van der Waals surface area (Å²) in [4.78, 5) is 12.4. The second-order valence-electron chi connectivity index (χ2n) is 7.83. The summed E-state index contributed by atoms with van der Waals surface area (Å²) in [7, 11) is 0. The molecule has 1 aliphatic heterocycles. The largest absolute Gasteiger partial charge is 0.352 e. The van der Waals surface area contributed by atoms with Crippen LogP contribution in [-0.4, -0.2) is 28.6 Å². The van der Waals surface area contributed by atoms with Crippen LogP contribution >= 0.6 is 0 Å². The van der Waals surface area contributed by atoms with Gasteiger partial charge in [0.15, 0.2) is 0 Å². The number of amides is 1. The Hall–Kier alpha value is -0.610. The molecule has 19 heavy (non-hydrogen) atoms. The monoisotopic (exact) mass is 267 g/mol. The zero-order valence-electron chi connectivity index (χ0n) is 12.8. The summed E-state index contributed by atoms with van der Waals surface area (Å²) >= 11 is 0. The number of hydrogen-bond acceptors (Lipinski definition) is 3. The average molecular weight is 267 g/mol. The molecule has 4 N–H and O–H groups in total. The maximum atomic E-state index is 12.4. The fraction of sp³-hybridized carbons (Fsp3) is 0.933. The van der Waals surface area contributed by atoms with Gasteiger partial charge in [-0.15, -0.1) is 0 Å². The Morgan fingerprint density at radius 1 is 1.11 bits per heavy atom. The van der Waals surface area contributed by atoms with Crippen molar-refractivity contribution in [1.82, 2.24) is 10.6 Å². The molecule has 2 rings (SSSR count). The maximum Gasteiger partial charge on any atom is 0.240 e. The highest BCUT2D eigenvalue weighted by molar-refractivity contribution is 5.86. The van der Waals surface area contributed by atoms with E-state index in [-0.39, 0.29) is 23.0 Å². The van der Waals surface area contributed by atoms with E-state index in [4.69, 9.17) is 5.73 Å². The van der Waals surface area contributed by atoms with Gasteiger partial charge in [0.1, 0.15) is 0 Å². The van der Waals surface area contributed by atoms with E-state index in [0.717, 1.165) is 38.5 Å². The predicted molar refractivity (Wildman–Crippen MR) is 77.8 cm³/mol. The Bertz CT molecular complexity index is 340. The number of rotatable bonds is 2. The number of carbonyl (C=O) groups is 1. The van der Waals surface area contributed by atoms with E-state index < -0.39 is 5.54 Å². The Labute approximate surface area is 116 Å². The van der Waals surface area contributed by atoms with Crippen LogP contribution in [0.4, 0.5) is 0 Å². The summed E-state index contributed by atoms with van der Waals surface area (Å²) in [5.74, 6) is 0.0588. The van der Waals surface area contributed by atoms with E-state index in [0.29, 0.717) is 0 Å². The predicted octanol–water partition coefficient (Wildman–Crippen LogP) is 1.68. The van der Waals surface area contributed by atoms with Crippen molar-refractivity contribution in [2.45, 2.75) is 88.9 Å². The van der Waals surface area contributed by atoms with Crippen molar-refractivity contribution in [2.75, 3.05) is 0 Å². The summed E-state index contributed by atoms with van der Waals surface area (Å²) in [6.45, 7) is 8.78. The summed E-state index contributed by atoms with van der Waals surface area (Å²) in [6.07, 6.45) is 5.73. The summed E-state index contributed by atoms with van der Waals surface area (Å²) < 4.78 is 0. The zero-order valence-corrected chi connectivity index (χ0v) is 12.8. The fourth-order valence-electron chi connectivity index (χ4n) is 3.99. The van der Waals surface area contributed by atoms with Crippen molar-refractivity contribution in [2.24, 2.45) is 5.73 Å². The molecule has 0 radical (unpaired) electrons. The van der Waals surface area contributed by atoms with E-state index >= 15 is 0 Å². The van der Waals surface area contributed by atoms with E-state index in [1.54, 1.807) is 0 Å². The van der Waals surface area contributed by atoms with Crippen molar-refractivity contribution in [3.05, 3.63) is 0 Å². The van der Waals surface area contributed by atoms with E-state index in [1.807, 2.05) is 0 Å². The number of nitrogens with two attached hydrogens (primary N) is 1. The molecule has 1 saturated carbocycles. The molecular weight excluding hydrogens is 238 g/mol. The molecule has 0 aromatic heterocycles. The van der Waals surface area contributed by atoms with Gasteiger partial charge < -0.3 is 16.4 Å². The van der Waals surface area contributed by atoms with Gasteiger partial charge in [0.05, 0.1) is 5.54 Å². The van der Waals surface area contributed by atoms with Crippen molar-refractivity contribution in [1.29, 1.82) is 0 Å². The van der Waals surface area contributed by atoms with Gasteiger partial charge in [-0.25, -0.2) is 0 Å². The van der Waals surface area contributed by atoms with E-state index in [2.05, 4.69) is 38.3 Å². The molecule has 1 amide bonds. The van der Waals surface area contributed by atoms with Crippen molar-refractivity contribution >= 4 is 5.91 Å². The number of nitrogens with one attached hydrogen (secondary N) is 2. The van der Waals surface area contributed by atoms with Gasteiger partial charge in [-0.3, -0.25) is 4.79 Å². The number of carbonyl (C=O) groups excluding carboxylic acids is 1. The molecule has 2 aliphatic rings. The second-order valence-corrected chi connectivity index (χ2v) is 7.83. The van der Waals surface area contributed by atoms with Gasteiger partial charge in [-0.1, -0.05) is 12.8 Å². The van der Waals surface area contributed by atoms with Crippen molar-refractivity contribution in [3.63, 3.8) is 0 Å². The Kier molecular flexibility index (Phi) is 3.69. The molecule has 0 spiro atoms. The van der Waals surface area contributed by atoms with Gasteiger partial charge in [0.2, 0.25) is 5.91 Å². The Balaban J connectivity index is 2.00. The van der Waals surface area contributed by atoms with Crippen LogP contribution in [-0.2, 0) is 4.79 Å². The fourth-order valence-corrected chi connectivity index (χ4v) is 3.99. The standard InChI is InChI=1S/C15H29N3O/c1-13(2)9-11(10-14(3,4)18-13)17-12(19)15(16)7-5-6-8-15/h11,18H,5-10,16H2,1-4H3,(H,17,19). The molecule has 110 valence electrons. The van der Waals surface area contributed by atoms with Gasteiger partial charge in [0.25, 0.3) is 0 Å². The van der Waals surface area contributed by atoms with Gasteiger partial charge in [0, 0.05) is 17.1 Å². The first-order valence-corrected chi connectivity index (χ1v) is 7.51. The quantitative estimate of drug-likeness (QED) is 0.713. The van der Waals surface area contributed by atoms with Crippen molar-refractivity contribution < 1.29 is 4.79 Å². The number of piperidine rings is 1. The number of hydrogen-bond donors (Lipinski definition) is 3. The van der Waals surface area contributed by atoms with Crippen LogP contribution < -0.4 is 16.4 Å². The molecule has 0 atom stereocenters. The Morgan fingerprint density at radius 2 is 1.58 bits per heavy atom. The van der Waals surface area contributed by atoms with Crippen LogP contribution in [0, 0.1) is 0 Å². The first-order chi connectivity index (χ1) is 8.62. The molecule has 1 heterocycles. The lowest BCUT2D eigenvalue weighted by molar-refractivity contribution is -0.127. The lowest BCUT2D eigenvalue weighted by Crippen LogP contribution is -2.64. The summed E-state index contributed by atoms with van der Waals surface area (Å²) in [6, 6.07) is 0.222. The van der Waals surface area contributed by atoms with Gasteiger partial charge in [-0.05, 0) is 53.4 Å². The molecule has 4 heteroatoms. The third kappa shape index (κ3) is 3.48. The summed E-state index contributed by atoms with van der Waals surface area (Å²) in [5.41, 5.74) is 5.72. The van der Waals surface area contributed by atoms with E-state index in [1.165, 1.54) is 0 Å². The highest BCUT2D eigenvalue weighted by Gasteiger charge is 2.42. The second kappa shape index (κ2) is 4.74. The smallest absolute Gasteiger partial charge is 0.240 e. The SMILES string of the molecule is CC1(C)CC(NC(=O)C2(N)CCCC2)CC(C)(C)N1. The van der Waals surface area contributed by atoms with Crippen LogP contribution in [0.15, 0.2) is 0 Å². The molecule has 0 bridgehead atoms. The van der Waals surface area contributed by atoms with Gasteiger partial charge in [-0.2, -0.15) is 0 Å². The van der Waals surface area contributed by atoms with Crippen LogP contribution in [0.2, 0.25) is 0 Å². The van der Waals surface area contributed by atoms with Crippen molar-refractivity contribution in [3.8, 4) is 0 Å². The lowest BCUT2D eigenvalue weighted by atomic mass is 9.79. The highest BCUT2D eigenvalue weighted by atomic mass is 16.2. The minimum absolute atomic E-state index is 0.0527. The molecule has 1 aliphatic carbocycles.